The number of nitrogens with one attached hydrogen (secondary N) is 8. The van der Waals surface area contributed by atoms with Crippen LogP contribution in [0, 0.1) is 5.92 Å². The highest BCUT2D eigenvalue weighted by Crippen LogP contribution is 2.12. The van der Waals surface area contributed by atoms with E-state index in [1.807, 2.05) is 21.3 Å². The molecule has 60 heavy (non-hydrogen) atoms. The van der Waals surface area contributed by atoms with Crippen molar-refractivity contribution in [2.75, 3.05) is 13.2 Å². The van der Waals surface area contributed by atoms with Crippen LogP contribution in [0.3, 0.4) is 0 Å². The van der Waals surface area contributed by atoms with Crippen LogP contribution in [-0.4, -0.2) is 169 Å². The van der Waals surface area contributed by atoms with E-state index in [9.17, 15) is 78.3 Å². The van der Waals surface area contributed by atoms with Crippen molar-refractivity contribution in [2.45, 2.75) is 134 Å². The molecule has 338 valence electrons. The van der Waals surface area contributed by atoms with Crippen molar-refractivity contribution in [1.82, 2.24) is 42.5 Å². The molecule has 14 N–H and O–H groups in total. The summed E-state index contributed by atoms with van der Waals surface area (Å²) in [6.45, 7) is 5.86. The Morgan fingerprint density at radius 2 is 0.983 bits per heavy atom. The molecule has 1 heterocycles. The van der Waals surface area contributed by atoms with E-state index in [1.54, 1.807) is 13.8 Å². The number of carboxylic acids is 3. The highest BCUT2D eigenvalue weighted by molar-refractivity contribution is 6.00. The number of hydrogen-bond acceptors (Lipinski definition) is 15. The lowest BCUT2D eigenvalue weighted by molar-refractivity contribution is -0.144. The number of carboxylic acid groups (broad SMARTS) is 3. The number of ketones is 1. The van der Waals surface area contributed by atoms with E-state index < -0.39 is 157 Å². The Kier molecular flexibility index (Phi) is 21.7. The molecule has 11 atom stereocenters. The summed E-state index contributed by atoms with van der Waals surface area (Å²) >= 11 is 0. The maximum absolute atomic E-state index is 13.5. The third kappa shape index (κ3) is 17.2. The van der Waals surface area contributed by atoms with Crippen molar-refractivity contribution in [3.05, 3.63) is 0 Å². The first kappa shape index (κ1) is 52.2. The van der Waals surface area contributed by atoms with Crippen LogP contribution >= 0.6 is 0 Å². The van der Waals surface area contributed by atoms with Gasteiger partial charge in [0.15, 0.2) is 0 Å². The first-order valence-corrected chi connectivity index (χ1v) is 18.9. The largest absolute Gasteiger partial charge is 0.481 e. The van der Waals surface area contributed by atoms with Crippen LogP contribution in [0.5, 0.6) is 0 Å². The molecule has 1 fully saturated rings. The van der Waals surface area contributed by atoms with Gasteiger partial charge in [-0.2, -0.15) is 0 Å². The number of rotatable bonds is 26. The number of carbonyl (C=O) groups is 11. The lowest BCUT2D eigenvalue weighted by Gasteiger charge is -2.29. The van der Waals surface area contributed by atoms with Crippen molar-refractivity contribution < 1.29 is 83.4 Å². The van der Waals surface area contributed by atoms with Gasteiger partial charge in [-0.15, -0.1) is 0 Å². The molecule has 0 bridgehead atoms. The van der Waals surface area contributed by atoms with Crippen molar-refractivity contribution >= 4 is 65.0 Å². The molecule has 1 aliphatic rings. The van der Waals surface area contributed by atoms with E-state index in [-0.39, 0.29) is 0 Å². The molecule has 25 heteroatoms. The molecule has 3 unspecified atom stereocenters. The Bertz CT molecular complexity index is 1600. The van der Waals surface area contributed by atoms with E-state index in [2.05, 4.69) is 21.3 Å². The fraction of sp³-hybridized carbons (Fsp3) is 0.686. The maximum atomic E-state index is 13.5. The van der Waals surface area contributed by atoms with Crippen LogP contribution in [0.15, 0.2) is 0 Å². The van der Waals surface area contributed by atoms with Gasteiger partial charge in [-0.05, 0) is 46.1 Å². The number of Topliss-reactive ketones (excluding diaryl/α,β-unsaturated/α-hetero) is 1. The van der Waals surface area contributed by atoms with Gasteiger partial charge >= 0.3 is 17.9 Å². The maximum Gasteiger partial charge on any atom is 0.328 e. The van der Waals surface area contributed by atoms with Crippen LogP contribution in [0.2, 0.25) is 0 Å². The fourth-order valence-corrected chi connectivity index (χ4v) is 5.69. The summed E-state index contributed by atoms with van der Waals surface area (Å²) in [6, 6.07) is -13.5. The molecule has 25 nitrogen and oxygen atoms in total. The number of aliphatic hydroxyl groups is 3. The minimum atomic E-state index is -2.10. The normalized spacial score (nSPS) is 18.5. The van der Waals surface area contributed by atoms with Gasteiger partial charge in [0.1, 0.15) is 48.1 Å². The third-order valence-electron chi connectivity index (χ3n) is 9.24. The van der Waals surface area contributed by atoms with E-state index in [0.717, 1.165) is 20.8 Å². The number of aliphatic carboxylic acids is 3. The standard InChI is InChI=1S/C35H56N8O17/c1-6-14(2)25(41-28(52)18-8-7-9-36-18)32(56)39-20(11-23(48)49)30(54)37-19(10-15(3)45)29(53)38-21(12-24(50)51)31(55)42-27(17(5)47)34(58)43-26(16(4)46)33(57)40-22(13-44)35(59)60/h14,16-22,25-27,36,44,46-47H,6-13H2,1-5H3,(H,37,54)(H,38,53)(H,39,56)(H,40,57)(H,41,52)(H,42,55)(H,43,58)(H,48,49)(H,50,51)(H,59,60)/t14?,16?,17?,18-,19-,20-,21-,22-,25-,26-,27-/m0/s1. The SMILES string of the molecule is CCC(C)[C@H](NC(=O)[C@@H]1CCCN1)C(=O)N[C@@H](CC(=O)O)C(=O)N[C@@H](CC(C)=O)C(=O)N[C@@H](CC(=O)O)C(=O)N[C@H](C(=O)N[C@H](C(=O)N[C@@H](CO)C(=O)O)C(C)O)C(C)O. The first-order valence-electron chi connectivity index (χ1n) is 18.9. The minimum absolute atomic E-state index is 0.376. The molecule has 0 aromatic carbocycles. The molecular weight excluding hydrogens is 804 g/mol. The van der Waals surface area contributed by atoms with Crippen molar-refractivity contribution in [2.24, 2.45) is 5.92 Å². The third-order valence-corrected chi connectivity index (χ3v) is 9.24. The Balaban J connectivity index is 3.31. The molecular formula is C35H56N8O17. The van der Waals surface area contributed by atoms with Crippen LogP contribution in [0.1, 0.15) is 73.1 Å². The molecule has 0 radical (unpaired) electrons. The van der Waals surface area contributed by atoms with Crippen LogP contribution in [0.4, 0.5) is 0 Å². The van der Waals surface area contributed by atoms with Gasteiger partial charge in [0.05, 0.1) is 37.7 Å². The molecule has 7 amide bonds. The Morgan fingerprint density at radius 3 is 1.37 bits per heavy atom. The Hall–Kier alpha value is -5.79. The van der Waals surface area contributed by atoms with E-state index in [1.165, 1.54) is 0 Å². The molecule has 0 aliphatic carbocycles. The lowest BCUT2D eigenvalue weighted by Crippen LogP contribution is -2.63. The molecule has 0 saturated carbocycles. The average Bonchev–Trinajstić information content (AvgIpc) is 3.70. The molecule has 0 aromatic rings. The van der Waals surface area contributed by atoms with Gasteiger partial charge < -0.3 is 73.2 Å². The van der Waals surface area contributed by atoms with E-state index in [4.69, 9.17) is 5.11 Å². The summed E-state index contributed by atoms with van der Waals surface area (Å²) in [4.78, 5) is 139. The van der Waals surface area contributed by atoms with Gasteiger partial charge in [0, 0.05) is 6.42 Å². The van der Waals surface area contributed by atoms with Gasteiger partial charge in [-0.1, -0.05) is 20.3 Å². The number of amides is 7. The zero-order chi connectivity index (χ0) is 46.0. The topological polar surface area (TPSA) is 405 Å². The average molecular weight is 861 g/mol. The summed E-state index contributed by atoms with van der Waals surface area (Å²) in [5.41, 5.74) is 0. The molecule has 1 saturated heterocycles. The monoisotopic (exact) mass is 860 g/mol. The van der Waals surface area contributed by atoms with Crippen LogP contribution in [-0.2, 0) is 52.7 Å². The van der Waals surface area contributed by atoms with Crippen LogP contribution < -0.4 is 42.5 Å². The van der Waals surface area contributed by atoms with Crippen molar-refractivity contribution in [3.63, 3.8) is 0 Å². The lowest BCUT2D eigenvalue weighted by atomic mass is 9.97. The predicted octanol–water partition coefficient (Wildman–Crippen LogP) is -6.05. The van der Waals surface area contributed by atoms with Crippen molar-refractivity contribution in [1.29, 1.82) is 0 Å². The van der Waals surface area contributed by atoms with Gasteiger partial charge in [-0.3, -0.25) is 47.9 Å². The van der Waals surface area contributed by atoms with Crippen LogP contribution in [0.25, 0.3) is 0 Å². The zero-order valence-corrected chi connectivity index (χ0v) is 33.7. The van der Waals surface area contributed by atoms with Gasteiger partial charge in [0.25, 0.3) is 0 Å². The summed E-state index contributed by atoms with van der Waals surface area (Å²) in [5.74, 6) is -14.4. The second-order valence-electron chi connectivity index (χ2n) is 14.3. The molecule has 0 spiro atoms. The highest BCUT2D eigenvalue weighted by Gasteiger charge is 2.38. The minimum Gasteiger partial charge on any atom is -0.481 e. The molecule has 1 rings (SSSR count). The quantitative estimate of drug-likeness (QED) is 0.0385. The summed E-state index contributed by atoms with van der Waals surface area (Å²) < 4.78 is 0. The fourth-order valence-electron chi connectivity index (χ4n) is 5.69. The zero-order valence-electron chi connectivity index (χ0n) is 33.7. The smallest absolute Gasteiger partial charge is 0.328 e. The summed E-state index contributed by atoms with van der Waals surface area (Å²) in [7, 11) is 0. The number of aliphatic hydroxyl groups excluding tert-OH is 3. The second kappa shape index (κ2) is 25.0. The highest BCUT2D eigenvalue weighted by atomic mass is 16.4. The van der Waals surface area contributed by atoms with E-state index in [0.29, 0.717) is 25.8 Å². The van der Waals surface area contributed by atoms with Gasteiger partial charge in [-0.25, -0.2) is 4.79 Å². The second-order valence-corrected chi connectivity index (χ2v) is 14.3. The molecule has 1 aliphatic heterocycles. The van der Waals surface area contributed by atoms with E-state index >= 15 is 0 Å². The van der Waals surface area contributed by atoms with Crippen molar-refractivity contribution in [3.8, 4) is 0 Å². The Labute approximate surface area is 343 Å². The first-order chi connectivity index (χ1) is 27.9. The molecule has 0 aromatic heterocycles. The summed E-state index contributed by atoms with van der Waals surface area (Å²) in [5, 5.41) is 75.6. The van der Waals surface area contributed by atoms with Gasteiger partial charge in [0.2, 0.25) is 41.4 Å². The predicted molar refractivity (Wildman–Crippen MR) is 202 cm³/mol. The number of carbonyl (C=O) groups excluding carboxylic acids is 8. The number of hydrogen-bond donors (Lipinski definition) is 14. The Morgan fingerprint density at radius 1 is 0.583 bits per heavy atom. The summed E-state index contributed by atoms with van der Waals surface area (Å²) in [6.07, 6.45) is -4.96.